The molecular weight excluding hydrogens is 281 g/mol. The zero-order valence-electron chi connectivity index (χ0n) is 12.6. The number of benzene rings is 2. The van der Waals surface area contributed by atoms with E-state index in [1.807, 2.05) is 31.2 Å². The quantitative estimate of drug-likeness (QED) is 0.836. The number of carbonyl (C=O) groups excluding carboxylic acids is 1. The van der Waals surface area contributed by atoms with E-state index in [1.54, 1.807) is 30.0 Å². The van der Waals surface area contributed by atoms with E-state index in [-0.39, 0.29) is 29.6 Å². The number of halogens is 1. The number of anilines is 1. The van der Waals surface area contributed by atoms with Gasteiger partial charge in [0.05, 0.1) is 5.69 Å². The number of carbonyl (C=O) groups is 1. The van der Waals surface area contributed by atoms with Crippen LogP contribution in [0.3, 0.4) is 0 Å². The second kappa shape index (κ2) is 5.79. The van der Waals surface area contributed by atoms with E-state index in [0.717, 1.165) is 11.3 Å². The molecule has 0 radical (unpaired) electrons. The van der Waals surface area contributed by atoms with E-state index in [4.69, 9.17) is 4.74 Å². The SMILES string of the molecule is CC(=O)N1c2ccccc2[C@H](Oc2ccccc2F)C[C@@H]1C. The van der Waals surface area contributed by atoms with Gasteiger partial charge in [-0.3, -0.25) is 4.79 Å². The van der Waals surface area contributed by atoms with E-state index < -0.39 is 0 Å². The lowest BCUT2D eigenvalue weighted by Crippen LogP contribution is -2.42. The van der Waals surface area contributed by atoms with Crippen molar-refractivity contribution < 1.29 is 13.9 Å². The van der Waals surface area contributed by atoms with Gasteiger partial charge < -0.3 is 9.64 Å². The summed E-state index contributed by atoms with van der Waals surface area (Å²) in [6, 6.07) is 14.0. The van der Waals surface area contributed by atoms with Crippen molar-refractivity contribution in [2.24, 2.45) is 0 Å². The van der Waals surface area contributed by atoms with Gasteiger partial charge in [-0.25, -0.2) is 4.39 Å². The molecule has 0 spiro atoms. The maximum absolute atomic E-state index is 13.8. The van der Waals surface area contributed by atoms with Crippen molar-refractivity contribution in [1.29, 1.82) is 0 Å². The Kier molecular flexibility index (Phi) is 3.84. The highest BCUT2D eigenvalue weighted by atomic mass is 19.1. The average molecular weight is 299 g/mol. The summed E-state index contributed by atoms with van der Waals surface area (Å²) in [5.41, 5.74) is 1.76. The summed E-state index contributed by atoms with van der Waals surface area (Å²) in [5, 5.41) is 0. The van der Waals surface area contributed by atoms with Crippen molar-refractivity contribution in [3.05, 3.63) is 59.9 Å². The van der Waals surface area contributed by atoms with Crippen LogP contribution >= 0.6 is 0 Å². The molecule has 4 heteroatoms. The summed E-state index contributed by atoms with van der Waals surface area (Å²) in [5.74, 6) is -0.128. The predicted octanol–water partition coefficient (Wildman–Crippen LogP) is 4.09. The smallest absolute Gasteiger partial charge is 0.224 e. The highest BCUT2D eigenvalue weighted by Crippen LogP contribution is 2.39. The molecule has 114 valence electrons. The standard InChI is InChI=1S/C18H18FNO2/c1-12-11-18(22-17-10-6-4-8-15(17)19)14-7-3-5-9-16(14)20(12)13(2)21/h3-10,12,18H,11H2,1-2H3/t12-,18+/m0/s1. The molecule has 22 heavy (non-hydrogen) atoms. The summed E-state index contributed by atoms with van der Waals surface area (Å²) in [7, 11) is 0. The Morgan fingerprint density at radius 3 is 2.59 bits per heavy atom. The summed E-state index contributed by atoms with van der Waals surface area (Å²) in [6.45, 7) is 3.54. The lowest BCUT2D eigenvalue weighted by Gasteiger charge is -2.38. The largest absolute Gasteiger partial charge is 0.483 e. The second-order valence-corrected chi connectivity index (χ2v) is 5.57. The van der Waals surface area contributed by atoms with Gasteiger partial charge in [0.25, 0.3) is 0 Å². The molecule has 0 N–H and O–H groups in total. The molecule has 1 aliphatic rings. The minimum Gasteiger partial charge on any atom is -0.483 e. The Morgan fingerprint density at radius 2 is 1.86 bits per heavy atom. The van der Waals surface area contributed by atoms with Crippen LogP contribution in [-0.4, -0.2) is 11.9 Å². The third kappa shape index (κ3) is 2.56. The number of para-hydroxylation sites is 2. The fourth-order valence-electron chi connectivity index (χ4n) is 3.04. The number of fused-ring (bicyclic) bond motifs is 1. The summed E-state index contributed by atoms with van der Waals surface area (Å²) in [6.07, 6.45) is 0.365. The molecule has 0 bridgehead atoms. The molecule has 2 aromatic rings. The Balaban J connectivity index is 1.98. The third-order valence-electron chi connectivity index (χ3n) is 3.98. The Hall–Kier alpha value is -2.36. The Bertz CT molecular complexity index is 701. The van der Waals surface area contributed by atoms with Crippen molar-refractivity contribution in [1.82, 2.24) is 0 Å². The van der Waals surface area contributed by atoms with Crippen molar-refractivity contribution in [2.45, 2.75) is 32.4 Å². The van der Waals surface area contributed by atoms with Gasteiger partial charge in [-0.15, -0.1) is 0 Å². The highest BCUT2D eigenvalue weighted by Gasteiger charge is 2.33. The summed E-state index contributed by atoms with van der Waals surface area (Å²) >= 11 is 0. The van der Waals surface area contributed by atoms with Gasteiger partial charge in [-0.1, -0.05) is 30.3 Å². The van der Waals surface area contributed by atoms with Crippen molar-refractivity contribution in [3.63, 3.8) is 0 Å². The third-order valence-corrected chi connectivity index (χ3v) is 3.98. The monoisotopic (exact) mass is 299 g/mol. The molecule has 3 nitrogen and oxygen atoms in total. The van der Waals surface area contributed by atoms with Crippen molar-refractivity contribution in [2.75, 3.05) is 4.90 Å². The predicted molar refractivity (Wildman–Crippen MR) is 83.5 cm³/mol. The molecule has 2 atom stereocenters. The van der Waals surface area contributed by atoms with E-state index in [0.29, 0.717) is 6.42 Å². The molecule has 3 rings (SSSR count). The number of rotatable bonds is 2. The minimum atomic E-state index is -0.373. The fraction of sp³-hybridized carbons (Fsp3) is 0.278. The molecule has 0 unspecified atom stereocenters. The first-order valence-electron chi connectivity index (χ1n) is 7.38. The van der Waals surface area contributed by atoms with Crippen molar-refractivity contribution in [3.8, 4) is 5.75 Å². The lowest BCUT2D eigenvalue weighted by molar-refractivity contribution is -0.117. The van der Waals surface area contributed by atoms with Crippen molar-refractivity contribution >= 4 is 11.6 Å². The van der Waals surface area contributed by atoms with Gasteiger partial charge in [0.2, 0.25) is 5.91 Å². The first-order valence-corrected chi connectivity index (χ1v) is 7.38. The topological polar surface area (TPSA) is 29.5 Å². The van der Waals surface area contributed by atoms with Crippen LogP contribution in [-0.2, 0) is 4.79 Å². The Labute approximate surface area is 129 Å². The van der Waals surface area contributed by atoms with Gasteiger partial charge in [-0.2, -0.15) is 0 Å². The van der Waals surface area contributed by atoms with E-state index >= 15 is 0 Å². The first kappa shape index (κ1) is 14.6. The number of hydrogen-bond acceptors (Lipinski definition) is 2. The summed E-state index contributed by atoms with van der Waals surface area (Å²) < 4.78 is 19.7. The van der Waals surface area contributed by atoms with Crippen LogP contribution in [0.1, 0.15) is 31.9 Å². The maximum atomic E-state index is 13.8. The average Bonchev–Trinajstić information content (AvgIpc) is 2.49. The van der Waals surface area contributed by atoms with Crippen LogP contribution in [0, 0.1) is 5.82 Å². The molecule has 1 aliphatic heterocycles. The zero-order chi connectivity index (χ0) is 15.7. The van der Waals surface area contributed by atoms with Crippen LogP contribution in [0.5, 0.6) is 5.75 Å². The van der Waals surface area contributed by atoms with Crippen LogP contribution < -0.4 is 9.64 Å². The fourth-order valence-corrected chi connectivity index (χ4v) is 3.04. The van der Waals surface area contributed by atoms with E-state index in [2.05, 4.69) is 0 Å². The molecule has 1 amide bonds. The van der Waals surface area contributed by atoms with Gasteiger partial charge in [0.15, 0.2) is 11.6 Å². The van der Waals surface area contributed by atoms with Crippen LogP contribution in [0.25, 0.3) is 0 Å². The maximum Gasteiger partial charge on any atom is 0.224 e. The van der Waals surface area contributed by atoms with Crippen LogP contribution in [0.4, 0.5) is 10.1 Å². The van der Waals surface area contributed by atoms with Gasteiger partial charge >= 0.3 is 0 Å². The molecule has 0 fully saturated rings. The highest BCUT2D eigenvalue weighted by molar-refractivity contribution is 5.93. The van der Waals surface area contributed by atoms with E-state index in [1.165, 1.54) is 6.07 Å². The first-order chi connectivity index (χ1) is 10.6. The lowest BCUT2D eigenvalue weighted by atomic mass is 9.93. The van der Waals surface area contributed by atoms with Crippen LogP contribution in [0.2, 0.25) is 0 Å². The molecule has 1 heterocycles. The Morgan fingerprint density at radius 1 is 1.18 bits per heavy atom. The van der Waals surface area contributed by atoms with Gasteiger partial charge in [0, 0.05) is 24.9 Å². The molecule has 0 aliphatic carbocycles. The molecular formula is C18H18FNO2. The van der Waals surface area contributed by atoms with E-state index in [9.17, 15) is 9.18 Å². The minimum absolute atomic E-state index is 0.00386. The molecule has 0 aromatic heterocycles. The van der Waals surface area contributed by atoms with Gasteiger partial charge in [-0.05, 0) is 25.1 Å². The molecule has 2 aromatic carbocycles. The number of ether oxygens (including phenoxy) is 1. The van der Waals surface area contributed by atoms with Gasteiger partial charge in [0.1, 0.15) is 6.10 Å². The van der Waals surface area contributed by atoms with Crippen LogP contribution in [0.15, 0.2) is 48.5 Å². The molecule has 0 saturated carbocycles. The number of hydrogen-bond donors (Lipinski definition) is 0. The second-order valence-electron chi connectivity index (χ2n) is 5.57. The number of nitrogens with zero attached hydrogens (tertiary/aromatic N) is 1. The summed E-state index contributed by atoms with van der Waals surface area (Å²) in [4.78, 5) is 13.7. The number of amides is 1. The zero-order valence-corrected chi connectivity index (χ0v) is 12.6. The normalized spacial score (nSPS) is 20.4. The molecule has 0 saturated heterocycles.